The molecular formula is C29H22BrNO6. The second-order valence-corrected chi connectivity index (χ2v) is 9.24. The molecule has 1 amide bonds. The lowest BCUT2D eigenvalue weighted by Gasteiger charge is -2.25. The highest BCUT2D eigenvalue weighted by Crippen LogP contribution is 2.41. The third-order valence-corrected chi connectivity index (χ3v) is 6.55. The lowest BCUT2D eigenvalue weighted by atomic mass is 9.98. The van der Waals surface area contributed by atoms with Gasteiger partial charge in [0.05, 0.1) is 29.2 Å². The summed E-state index contributed by atoms with van der Waals surface area (Å²) in [6.45, 7) is 6.00. The molecule has 1 aliphatic rings. The molecule has 186 valence electrons. The van der Waals surface area contributed by atoms with Crippen molar-refractivity contribution < 1.29 is 23.5 Å². The molecule has 8 heteroatoms. The molecule has 3 aromatic carbocycles. The summed E-state index contributed by atoms with van der Waals surface area (Å²) < 4.78 is 17.4. The Morgan fingerprint density at radius 1 is 1.08 bits per heavy atom. The van der Waals surface area contributed by atoms with Crippen LogP contribution >= 0.6 is 15.9 Å². The van der Waals surface area contributed by atoms with Gasteiger partial charge in [0.2, 0.25) is 5.76 Å². The molecular weight excluding hydrogens is 538 g/mol. The molecule has 37 heavy (non-hydrogen) atoms. The van der Waals surface area contributed by atoms with E-state index in [4.69, 9.17) is 13.9 Å². The maximum atomic E-state index is 13.7. The van der Waals surface area contributed by atoms with Crippen LogP contribution in [0.4, 0.5) is 5.69 Å². The molecule has 1 unspecified atom stereocenters. The molecule has 2 heterocycles. The van der Waals surface area contributed by atoms with Crippen LogP contribution in [0.2, 0.25) is 0 Å². The van der Waals surface area contributed by atoms with Crippen LogP contribution in [-0.2, 0) is 4.74 Å². The Bertz CT molecular complexity index is 1570. The second-order valence-electron chi connectivity index (χ2n) is 8.33. The summed E-state index contributed by atoms with van der Waals surface area (Å²) in [5, 5.41) is 0.372. The first-order chi connectivity index (χ1) is 17.9. The number of benzene rings is 3. The van der Waals surface area contributed by atoms with Gasteiger partial charge in [-0.2, -0.15) is 0 Å². The summed E-state index contributed by atoms with van der Waals surface area (Å²) in [4.78, 5) is 41.1. The van der Waals surface area contributed by atoms with Gasteiger partial charge < -0.3 is 13.9 Å². The smallest absolute Gasteiger partial charge is 0.338 e. The Hall–Kier alpha value is -4.17. The Labute approximate surface area is 221 Å². The van der Waals surface area contributed by atoms with Gasteiger partial charge in [-0.05, 0) is 67.1 Å². The van der Waals surface area contributed by atoms with Gasteiger partial charge in [-0.15, -0.1) is 0 Å². The monoisotopic (exact) mass is 559 g/mol. The minimum atomic E-state index is -0.746. The summed E-state index contributed by atoms with van der Waals surface area (Å²) in [5.74, 6) is -0.275. The molecule has 1 aromatic heterocycles. The first-order valence-electron chi connectivity index (χ1n) is 11.6. The van der Waals surface area contributed by atoms with Gasteiger partial charge in [-0.1, -0.05) is 40.7 Å². The first-order valence-corrected chi connectivity index (χ1v) is 12.4. The molecule has 0 bridgehead atoms. The standard InChI is InChI=1S/C29H22BrNO6/c1-3-15-36-21-12-7-17(8-13-21)25-24-26(32)22-16-19(30)9-14-23(22)37-27(24)28(33)31(25)20-10-5-18(6-11-20)29(34)35-4-2/h3,5-14,16,25H,1,4,15H2,2H3. The van der Waals surface area contributed by atoms with E-state index in [0.717, 1.165) is 4.47 Å². The number of nitrogens with zero attached hydrogens (tertiary/aromatic N) is 1. The maximum absolute atomic E-state index is 13.7. The van der Waals surface area contributed by atoms with Crippen molar-refractivity contribution in [2.24, 2.45) is 0 Å². The number of hydrogen-bond acceptors (Lipinski definition) is 6. The molecule has 0 saturated heterocycles. The van der Waals surface area contributed by atoms with Crippen molar-refractivity contribution in [3.8, 4) is 5.75 Å². The molecule has 5 rings (SSSR count). The fraction of sp³-hybridized carbons (Fsp3) is 0.138. The van der Waals surface area contributed by atoms with Crippen LogP contribution in [0, 0.1) is 0 Å². The summed E-state index contributed by atoms with van der Waals surface area (Å²) in [7, 11) is 0. The van der Waals surface area contributed by atoms with E-state index in [1.807, 2.05) is 12.1 Å². The number of fused-ring (bicyclic) bond motifs is 2. The fourth-order valence-electron chi connectivity index (χ4n) is 4.40. The van der Waals surface area contributed by atoms with Crippen molar-refractivity contribution in [2.75, 3.05) is 18.1 Å². The van der Waals surface area contributed by atoms with Gasteiger partial charge in [0.25, 0.3) is 5.91 Å². The number of carbonyl (C=O) groups excluding carboxylic acids is 2. The highest BCUT2D eigenvalue weighted by atomic mass is 79.9. The number of rotatable bonds is 7. The van der Waals surface area contributed by atoms with Crippen LogP contribution < -0.4 is 15.1 Å². The van der Waals surface area contributed by atoms with Crippen molar-refractivity contribution >= 4 is 44.5 Å². The molecule has 0 radical (unpaired) electrons. The Kier molecular flexibility index (Phi) is 6.67. The molecule has 1 atom stereocenters. The Morgan fingerprint density at radius 2 is 1.81 bits per heavy atom. The number of halogens is 1. The quantitative estimate of drug-likeness (QED) is 0.202. The van der Waals surface area contributed by atoms with E-state index in [2.05, 4.69) is 22.5 Å². The van der Waals surface area contributed by atoms with Gasteiger partial charge in [-0.3, -0.25) is 14.5 Å². The van der Waals surface area contributed by atoms with Crippen LogP contribution in [-0.4, -0.2) is 25.1 Å². The van der Waals surface area contributed by atoms with Gasteiger partial charge in [0.1, 0.15) is 17.9 Å². The average molecular weight is 560 g/mol. The van der Waals surface area contributed by atoms with E-state index in [0.29, 0.717) is 40.1 Å². The second kappa shape index (κ2) is 10.1. The predicted octanol–water partition coefficient (Wildman–Crippen LogP) is 6.05. The molecule has 0 saturated carbocycles. The molecule has 4 aromatic rings. The molecule has 7 nitrogen and oxygen atoms in total. The first kappa shape index (κ1) is 24.5. The van der Waals surface area contributed by atoms with Crippen molar-refractivity contribution in [3.63, 3.8) is 0 Å². The summed E-state index contributed by atoms with van der Waals surface area (Å²) >= 11 is 3.41. The number of amides is 1. The van der Waals surface area contributed by atoms with Crippen molar-refractivity contribution in [3.05, 3.63) is 117 Å². The fourth-order valence-corrected chi connectivity index (χ4v) is 4.76. The van der Waals surface area contributed by atoms with Crippen LogP contribution in [0.15, 0.2) is 93.1 Å². The molecule has 0 aliphatic carbocycles. The zero-order chi connectivity index (χ0) is 26.1. The zero-order valence-electron chi connectivity index (χ0n) is 19.9. The lowest BCUT2D eigenvalue weighted by Crippen LogP contribution is -2.29. The average Bonchev–Trinajstić information content (AvgIpc) is 3.20. The summed E-state index contributed by atoms with van der Waals surface area (Å²) in [6, 6.07) is 18.0. The Morgan fingerprint density at radius 3 is 2.49 bits per heavy atom. The number of ether oxygens (including phenoxy) is 2. The third kappa shape index (κ3) is 4.44. The topological polar surface area (TPSA) is 86.0 Å². The Balaban J connectivity index is 1.66. The SMILES string of the molecule is C=CCOc1ccc(C2c3c(oc4ccc(Br)cc4c3=O)C(=O)N2c2ccc(C(=O)OCC)cc2)cc1. The zero-order valence-corrected chi connectivity index (χ0v) is 21.5. The molecule has 0 fully saturated rings. The normalized spacial score (nSPS) is 14.5. The summed E-state index contributed by atoms with van der Waals surface area (Å²) in [6.07, 6.45) is 1.65. The van der Waals surface area contributed by atoms with Crippen LogP contribution in [0.5, 0.6) is 5.75 Å². The van der Waals surface area contributed by atoms with E-state index < -0.39 is 17.9 Å². The highest BCUT2D eigenvalue weighted by Gasteiger charge is 2.43. The molecule has 0 spiro atoms. The van der Waals surface area contributed by atoms with Gasteiger partial charge in [-0.25, -0.2) is 4.79 Å². The largest absolute Gasteiger partial charge is 0.490 e. The minimum absolute atomic E-state index is 0.00808. The minimum Gasteiger partial charge on any atom is -0.490 e. The van der Waals surface area contributed by atoms with Crippen LogP contribution in [0.3, 0.4) is 0 Å². The highest BCUT2D eigenvalue weighted by molar-refractivity contribution is 9.10. The van der Waals surface area contributed by atoms with E-state index >= 15 is 0 Å². The molecule has 1 aliphatic heterocycles. The van der Waals surface area contributed by atoms with Crippen molar-refractivity contribution in [1.82, 2.24) is 0 Å². The maximum Gasteiger partial charge on any atom is 0.338 e. The van der Waals surface area contributed by atoms with Crippen molar-refractivity contribution in [1.29, 1.82) is 0 Å². The molecule has 0 N–H and O–H groups in total. The van der Waals surface area contributed by atoms with Crippen molar-refractivity contribution in [2.45, 2.75) is 13.0 Å². The number of anilines is 1. The van der Waals surface area contributed by atoms with E-state index in [-0.39, 0.29) is 23.4 Å². The van der Waals surface area contributed by atoms with Gasteiger partial charge in [0, 0.05) is 10.2 Å². The predicted molar refractivity (Wildman–Crippen MR) is 143 cm³/mol. The van der Waals surface area contributed by atoms with Crippen LogP contribution in [0.1, 0.15) is 45.0 Å². The summed E-state index contributed by atoms with van der Waals surface area (Å²) in [5.41, 5.74) is 1.87. The number of esters is 1. The van der Waals surface area contributed by atoms with Gasteiger partial charge in [0.15, 0.2) is 5.43 Å². The van der Waals surface area contributed by atoms with E-state index in [1.165, 1.54) is 4.90 Å². The number of hydrogen-bond donors (Lipinski definition) is 0. The van der Waals surface area contributed by atoms with E-state index in [1.54, 1.807) is 67.6 Å². The van der Waals surface area contributed by atoms with E-state index in [9.17, 15) is 14.4 Å². The third-order valence-electron chi connectivity index (χ3n) is 6.05. The number of carbonyl (C=O) groups is 2. The van der Waals surface area contributed by atoms with Gasteiger partial charge >= 0.3 is 5.97 Å². The van der Waals surface area contributed by atoms with Crippen LogP contribution in [0.25, 0.3) is 11.0 Å². The lowest BCUT2D eigenvalue weighted by molar-refractivity contribution is 0.0526.